The normalized spacial score (nSPS) is 20.2. The quantitative estimate of drug-likeness (QED) is 0.426. The van der Waals surface area contributed by atoms with Crippen LogP contribution in [0.25, 0.3) is 0 Å². The van der Waals surface area contributed by atoms with Crippen LogP contribution in [0.15, 0.2) is 29.2 Å². The lowest BCUT2D eigenvalue weighted by Gasteiger charge is -2.46. The smallest absolute Gasteiger partial charge is 0.407 e. The molecule has 194 valence electrons. The summed E-state index contributed by atoms with van der Waals surface area (Å²) in [5.74, 6) is 5.32. The lowest BCUT2D eigenvalue weighted by molar-refractivity contribution is -0.146. The number of methoxy groups -OCH3 is 1. The average Bonchev–Trinajstić information content (AvgIpc) is 2.75. The second-order valence-electron chi connectivity index (χ2n) is 9.41. The van der Waals surface area contributed by atoms with Crippen LogP contribution in [-0.2, 0) is 24.3 Å². The van der Waals surface area contributed by atoms with Gasteiger partial charge < -0.3 is 19.5 Å². The Morgan fingerprint density at radius 1 is 1.23 bits per heavy atom. The minimum Gasteiger partial charge on any atom is -0.481 e. The van der Waals surface area contributed by atoms with Crippen LogP contribution >= 0.6 is 11.8 Å². The van der Waals surface area contributed by atoms with E-state index in [9.17, 15) is 18.0 Å². The highest BCUT2D eigenvalue weighted by atomic mass is 32.2. The second-order valence-corrected chi connectivity index (χ2v) is 13.3. The first-order valence-electron chi connectivity index (χ1n) is 11.1. The number of amides is 1. The van der Waals surface area contributed by atoms with E-state index in [1.807, 2.05) is 0 Å². The monoisotopic (exact) mass is 526 g/mol. The predicted molar refractivity (Wildman–Crippen MR) is 135 cm³/mol. The highest BCUT2D eigenvalue weighted by Crippen LogP contribution is 2.42. The van der Waals surface area contributed by atoms with Crippen molar-refractivity contribution < 1.29 is 32.2 Å². The molecular formula is C24H34N2O7S2. The first-order valence-corrected chi connectivity index (χ1v) is 13.4. The number of rotatable bonds is 7. The zero-order valence-corrected chi connectivity index (χ0v) is 22.8. The zero-order valence-electron chi connectivity index (χ0n) is 21.2. The summed E-state index contributed by atoms with van der Waals surface area (Å²) >= 11 is 1.42. The highest BCUT2D eigenvalue weighted by Gasteiger charge is 2.51. The van der Waals surface area contributed by atoms with E-state index in [1.54, 1.807) is 53.7 Å². The molecule has 1 aliphatic rings. The molecule has 0 saturated carbocycles. The molecule has 1 aromatic carbocycles. The van der Waals surface area contributed by atoms with Crippen molar-refractivity contribution in [2.75, 3.05) is 26.8 Å². The highest BCUT2D eigenvalue weighted by molar-refractivity contribution is 8.01. The van der Waals surface area contributed by atoms with Gasteiger partial charge in [0.25, 0.3) is 0 Å². The van der Waals surface area contributed by atoms with E-state index in [4.69, 9.17) is 14.2 Å². The molecule has 2 atom stereocenters. The first-order chi connectivity index (χ1) is 16.2. The largest absolute Gasteiger partial charge is 0.481 e. The Morgan fingerprint density at radius 3 is 2.40 bits per heavy atom. The van der Waals surface area contributed by atoms with E-state index >= 15 is 0 Å². The number of esters is 1. The third kappa shape index (κ3) is 7.78. The summed E-state index contributed by atoms with van der Waals surface area (Å²) in [5.41, 5.74) is -0.659. The van der Waals surface area contributed by atoms with Crippen LogP contribution < -0.4 is 10.1 Å². The summed E-state index contributed by atoms with van der Waals surface area (Å²) in [4.78, 5) is 24.9. The molecule has 1 saturated heterocycles. The number of carbonyl (C=O) groups excluding carboxylic acids is 2. The van der Waals surface area contributed by atoms with Crippen molar-refractivity contribution in [1.29, 1.82) is 0 Å². The molecule has 35 heavy (non-hydrogen) atoms. The molecule has 1 fully saturated rings. The van der Waals surface area contributed by atoms with Gasteiger partial charge in [-0.25, -0.2) is 13.2 Å². The molecular weight excluding hydrogens is 492 g/mol. The van der Waals surface area contributed by atoms with E-state index in [-0.39, 0.29) is 29.8 Å². The van der Waals surface area contributed by atoms with Crippen LogP contribution in [0.4, 0.5) is 4.79 Å². The summed E-state index contributed by atoms with van der Waals surface area (Å²) in [6, 6.07) is 4.89. The molecule has 11 heteroatoms. The molecule has 0 bridgehead atoms. The number of carbonyl (C=O) groups is 2. The van der Waals surface area contributed by atoms with Crippen LogP contribution in [0.3, 0.4) is 0 Å². The topological polar surface area (TPSA) is 111 Å². The van der Waals surface area contributed by atoms with Crippen LogP contribution in [0, 0.1) is 11.8 Å². The molecule has 0 radical (unpaired) electrons. The number of ether oxygens (including phenoxy) is 3. The fraction of sp³-hybridized carbons (Fsp3) is 0.583. The van der Waals surface area contributed by atoms with Gasteiger partial charge in [-0.2, -0.15) is 4.31 Å². The Morgan fingerprint density at radius 2 is 1.86 bits per heavy atom. The van der Waals surface area contributed by atoms with Crippen molar-refractivity contribution in [3.05, 3.63) is 24.3 Å². The zero-order chi connectivity index (χ0) is 26.4. The van der Waals surface area contributed by atoms with Crippen LogP contribution in [0.2, 0.25) is 0 Å². The van der Waals surface area contributed by atoms with Gasteiger partial charge in [0.15, 0.2) is 0 Å². The lowest BCUT2D eigenvalue weighted by Crippen LogP contribution is -2.62. The number of nitrogens with one attached hydrogen (secondary N) is 1. The molecule has 1 heterocycles. The molecule has 1 amide bonds. The number of alkyl carbamates (subject to hydrolysis) is 1. The van der Waals surface area contributed by atoms with Crippen molar-refractivity contribution in [3.63, 3.8) is 0 Å². The van der Waals surface area contributed by atoms with Gasteiger partial charge in [0.1, 0.15) is 24.0 Å². The Kier molecular flexibility index (Phi) is 9.50. The summed E-state index contributed by atoms with van der Waals surface area (Å²) in [6.45, 7) is 10.9. The van der Waals surface area contributed by atoms with Crippen molar-refractivity contribution in [2.45, 2.75) is 68.1 Å². The van der Waals surface area contributed by atoms with Crippen molar-refractivity contribution in [1.82, 2.24) is 9.62 Å². The molecule has 1 aromatic rings. The summed E-state index contributed by atoms with van der Waals surface area (Å²) in [5, 5.41) is 2.37. The molecule has 0 aromatic heterocycles. The molecule has 0 unspecified atom stereocenters. The Balaban J connectivity index is 2.31. The van der Waals surface area contributed by atoms with Gasteiger partial charge in [-0.05, 0) is 65.8 Å². The Bertz CT molecular complexity index is 1070. The standard InChI is InChI=1S/C24H34N2O7S2/c1-8-9-14-32-17-10-12-19(13-11-17)35(29,30)26-16-18(15-25-22(28)33-23(2,3)4)34-24(5,6)20(26)21(27)31-7/h10-13,18,20H,14-16H2,1-7H3,(H,25,28)/t18-,20-/m0/s1. The van der Waals surface area contributed by atoms with Crippen molar-refractivity contribution in [2.24, 2.45) is 0 Å². The van der Waals surface area contributed by atoms with Crippen LogP contribution in [0.1, 0.15) is 41.5 Å². The van der Waals surface area contributed by atoms with E-state index in [2.05, 4.69) is 17.2 Å². The maximum absolute atomic E-state index is 13.7. The van der Waals surface area contributed by atoms with Gasteiger partial charge in [-0.15, -0.1) is 17.7 Å². The second kappa shape index (κ2) is 11.5. The van der Waals surface area contributed by atoms with Gasteiger partial charge in [-0.3, -0.25) is 4.79 Å². The average molecular weight is 527 g/mol. The Hall–Kier alpha value is -2.42. The van der Waals surface area contributed by atoms with Crippen LogP contribution in [-0.4, -0.2) is 73.2 Å². The van der Waals surface area contributed by atoms with Gasteiger partial charge in [0.2, 0.25) is 10.0 Å². The van der Waals surface area contributed by atoms with Crippen molar-refractivity contribution >= 4 is 33.8 Å². The van der Waals surface area contributed by atoms with E-state index < -0.39 is 38.5 Å². The first kappa shape index (κ1) is 28.8. The third-order valence-electron chi connectivity index (χ3n) is 5.02. The van der Waals surface area contributed by atoms with Gasteiger partial charge in [0, 0.05) is 23.1 Å². The van der Waals surface area contributed by atoms with E-state index in [0.29, 0.717) is 5.75 Å². The SMILES string of the molecule is CC#CCOc1ccc(S(=O)(=O)N2C[C@H](CNC(=O)OC(C)(C)C)SC(C)(C)[C@@H]2C(=O)OC)cc1. The molecule has 2 rings (SSSR count). The molecule has 9 nitrogen and oxygen atoms in total. The van der Waals surface area contributed by atoms with E-state index in [1.165, 1.54) is 31.0 Å². The Labute approximate surface area is 212 Å². The minimum atomic E-state index is -4.09. The summed E-state index contributed by atoms with van der Waals surface area (Å²) < 4.78 is 43.4. The number of sulfonamides is 1. The summed E-state index contributed by atoms with van der Waals surface area (Å²) in [6.07, 6.45) is -0.594. The number of hydrogen-bond donors (Lipinski definition) is 1. The lowest BCUT2D eigenvalue weighted by atomic mass is 10.0. The van der Waals surface area contributed by atoms with Gasteiger partial charge >= 0.3 is 12.1 Å². The van der Waals surface area contributed by atoms with Crippen molar-refractivity contribution in [3.8, 4) is 17.6 Å². The number of nitrogens with zero attached hydrogens (tertiary/aromatic N) is 1. The predicted octanol–water partition coefficient (Wildman–Crippen LogP) is 3.04. The molecule has 1 N–H and O–H groups in total. The fourth-order valence-electron chi connectivity index (χ4n) is 3.59. The van der Waals surface area contributed by atoms with Gasteiger partial charge in [-0.1, -0.05) is 5.92 Å². The molecule has 0 aliphatic carbocycles. The fourth-order valence-corrected chi connectivity index (χ4v) is 7.11. The van der Waals surface area contributed by atoms with Gasteiger partial charge in [0.05, 0.1) is 12.0 Å². The number of benzene rings is 1. The van der Waals surface area contributed by atoms with E-state index in [0.717, 1.165) is 4.31 Å². The van der Waals surface area contributed by atoms with Crippen LogP contribution in [0.5, 0.6) is 5.75 Å². The number of hydrogen-bond acceptors (Lipinski definition) is 8. The summed E-state index contributed by atoms with van der Waals surface area (Å²) in [7, 11) is -2.86. The third-order valence-corrected chi connectivity index (χ3v) is 8.34. The maximum atomic E-state index is 13.7. The maximum Gasteiger partial charge on any atom is 0.407 e. The number of thioether (sulfide) groups is 1. The minimum absolute atomic E-state index is 0.00364. The molecule has 0 spiro atoms. The molecule has 1 aliphatic heterocycles.